The fourth-order valence-electron chi connectivity index (χ4n) is 1.86. The molecule has 2 aromatic carbocycles. The molecule has 1 atom stereocenters. The lowest BCUT2D eigenvalue weighted by atomic mass is 9.86. The minimum Gasteiger partial charge on any atom is -0.318 e. The van der Waals surface area contributed by atoms with Crippen LogP contribution in [0.3, 0.4) is 0 Å². The van der Waals surface area contributed by atoms with Crippen LogP contribution in [-0.2, 0) is 5.54 Å². The fraction of sp³-hybridized carbons (Fsp3) is 0.143. The van der Waals surface area contributed by atoms with Crippen molar-refractivity contribution in [3.05, 3.63) is 68.1 Å². The van der Waals surface area contributed by atoms with E-state index in [2.05, 4.69) is 15.9 Å². The van der Waals surface area contributed by atoms with Crippen molar-refractivity contribution < 1.29 is 0 Å². The molecular formula is C14H12BrCl2N. The van der Waals surface area contributed by atoms with Gasteiger partial charge in [0.05, 0.1) is 15.6 Å². The third-order valence-corrected chi connectivity index (χ3v) is 4.30. The van der Waals surface area contributed by atoms with Gasteiger partial charge in [0.2, 0.25) is 0 Å². The van der Waals surface area contributed by atoms with Crippen molar-refractivity contribution in [1.82, 2.24) is 0 Å². The summed E-state index contributed by atoms with van der Waals surface area (Å²) < 4.78 is 1.01. The molecule has 0 spiro atoms. The van der Waals surface area contributed by atoms with Crippen molar-refractivity contribution in [3.63, 3.8) is 0 Å². The van der Waals surface area contributed by atoms with Gasteiger partial charge in [0.25, 0.3) is 0 Å². The Morgan fingerprint density at radius 1 is 1.06 bits per heavy atom. The molecular weight excluding hydrogens is 333 g/mol. The number of halogens is 3. The van der Waals surface area contributed by atoms with Gasteiger partial charge in [-0.2, -0.15) is 0 Å². The lowest BCUT2D eigenvalue weighted by Gasteiger charge is -2.27. The van der Waals surface area contributed by atoms with Gasteiger partial charge in [0, 0.05) is 4.47 Å². The largest absolute Gasteiger partial charge is 0.318 e. The predicted octanol–water partition coefficient (Wildman–Crippen LogP) is 4.98. The molecule has 0 fully saturated rings. The smallest absolute Gasteiger partial charge is 0.0652 e. The summed E-state index contributed by atoms with van der Waals surface area (Å²) in [5, 5.41) is 1.02. The molecule has 18 heavy (non-hydrogen) atoms. The lowest BCUT2D eigenvalue weighted by molar-refractivity contribution is 0.603. The molecule has 1 unspecified atom stereocenters. The molecule has 0 aliphatic heterocycles. The first-order chi connectivity index (χ1) is 8.43. The zero-order chi connectivity index (χ0) is 13.3. The molecule has 4 heteroatoms. The van der Waals surface area contributed by atoms with Crippen LogP contribution in [0.25, 0.3) is 0 Å². The van der Waals surface area contributed by atoms with E-state index in [0.717, 1.165) is 15.6 Å². The minimum absolute atomic E-state index is 0.507. The van der Waals surface area contributed by atoms with E-state index in [-0.39, 0.29) is 0 Å². The molecule has 0 aromatic heterocycles. The van der Waals surface area contributed by atoms with E-state index in [9.17, 15) is 0 Å². The van der Waals surface area contributed by atoms with Crippen LogP contribution >= 0.6 is 39.1 Å². The Balaban J connectivity index is 2.54. The predicted molar refractivity (Wildman–Crippen MR) is 81.2 cm³/mol. The molecule has 2 N–H and O–H groups in total. The minimum atomic E-state index is -0.678. The highest BCUT2D eigenvalue weighted by atomic mass is 79.9. The van der Waals surface area contributed by atoms with Crippen molar-refractivity contribution in [2.75, 3.05) is 0 Å². The standard InChI is InChI=1S/C14H12BrCl2N/c1-14(18,9-5-7-10(15)8-6-9)11-3-2-4-12(16)13(11)17/h2-8H,18H2,1H3. The third-order valence-electron chi connectivity index (χ3n) is 2.96. The van der Waals surface area contributed by atoms with Gasteiger partial charge >= 0.3 is 0 Å². The third kappa shape index (κ3) is 2.57. The Morgan fingerprint density at radius 3 is 2.28 bits per heavy atom. The van der Waals surface area contributed by atoms with E-state index in [4.69, 9.17) is 28.9 Å². The Kier molecular flexibility index (Phi) is 4.02. The molecule has 1 nitrogen and oxygen atoms in total. The first-order valence-corrected chi connectivity index (χ1v) is 6.97. The summed E-state index contributed by atoms with van der Waals surface area (Å²) in [6, 6.07) is 13.4. The SMILES string of the molecule is CC(N)(c1ccc(Br)cc1)c1cccc(Cl)c1Cl. The number of nitrogens with two attached hydrogens (primary N) is 1. The van der Waals surface area contributed by atoms with Crippen LogP contribution in [0.1, 0.15) is 18.1 Å². The Labute approximate surface area is 125 Å². The quantitative estimate of drug-likeness (QED) is 0.817. The van der Waals surface area contributed by atoms with E-state index >= 15 is 0 Å². The maximum absolute atomic E-state index is 6.42. The van der Waals surface area contributed by atoms with Crippen molar-refractivity contribution >= 4 is 39.1 Å². The van der Waals surface area contributed by atoms with Crippen LogP contribution in [0.4, 0.5) is 0 Å². The second-order valence-corrected chi connectivity index (χ2v) is 6.01. The first-order valence-electron chi connectivity index (χ1n) is 5.42. The summed E-state index contributed by atoms with van der Waals surface area (Å²) in [5.41, 5.74) is 7.54. The molecule has 2 aromatic rings. The molecule has 94 valence electrons. The maximum Gasteiger partial charge on any atom is 0.0652 e. The van der Waals surface area contributed by atoms with Crippen molar-refractivity contribution in [2.24, 2.45) is 5.73 Å². The van der Waals surface area contributed by atoms with Crippen LogP contribution in [0.15, 0.2) is 46.9 Å². The molecule has 0 bridgehead atoms. The molecule has 0 aliphatic carbocycles. The Bertz CT molecular complexity index is 565. The van der Waals surface area contributed by atoms with Gasteiger partial charge in [0.15, 0.2) is 0 Å². The maximum atomic E-state index is 6.42. The number of rotatable bonds is 2. The van der Waals surface area contributed by atoms with Gasteiger partial charge in [-0.05, 0) is 36.2 Å². The summed E-state index contributed by atoms with van der Waals surface area (Å²) in [7, 11) is 0. The summed E-state index contributed by atoms with van der Waals surface area (Å²) in [6.45, 7) is 1.92. The second-order valence-electron chi connectivity index (χ2n) is 4.31. The Hall–Kier alpha value is -0.540. The van der Waals surface area contributed by atoms with Gasteiger partial charge in [-0.1, -0.05) is 63.4 Å². The van der Waals surface area contributed by atoms with Crippen LogP contribution in [0.5, 0.6) is 0 Å². The van der Waals surface area contributed by atoms with E-state index in [1.165, 1.54) is 0 Å². The molecule has 2 rings (SSSR count). The highest BCUT2D eigenvalue weighted by molar-refractivity contribution is 9.10. The molecule has 0 radical (unpaired) electrons. The van der Waals surface area contributed by atoms with Crippen LogP contribution in [-0.4, -0.2) is 0 Å². The number of hydrogen-bond acceptors (Lipinski definition) is 1. The van der Waals surface area contributed by atoms with Gasteiger partial charge in [0.1, 0.15) is 0 Å². The van der Waals surface area contributed by atoms with Gasteiger partial charge < -0.3 is 5.73 Å². The van der Waals surface area contributed by atoms with E-state index in [1.807, 2.05) is 43.3 Å². The zero-order valence-electron chi connectivity index (χ0n) is 9.75. The van der Waals surface area contributed by atoms with Crippen LogP contribution < -0.4 is 5.73 Å². The van der Waals surface area contributed by atoms with Crippen molar-refractivity contribution in [3.8, 4) is 0 Å². The Morgan fingerprint density at radius 2 is 1.67 bits per heavy atom. The normalized spacial score (nSPS) is 14.3. The lowest BCUT2D eigenvalue weighted by Crippen LogP contribution is -2.34. The number of benzene rings is 2. The topological polar surface area (TPSA) is 26.0 Å². The first kappa shape index (κ1) is 13.9. The monoisotopic (exact) mass is 343 g/mol. The highest BCUT2D eigenvalue weighted by Crippen LogP contribution is 2.35. The number of hydrogen-bond donors (Lipinski definition) is 1. The van der Waals surface area contributed by atoms with Gasteiger partial charge in [-0.25, -0.2) is 0 Å². The van der Waals surface area contributed by atoms with Crippen molar-refractivity contribution in [2.45, 2.75) is 12.5 Å². The highest BCUT2D eigenvalue weighted by Gasteiger charge is 2.26. The van der Waals surface area contributed by atoms with E-state index < -0.39 is 5.54 Å². The molecule has 0 amide bonds. The summed E-state index contributed by atoms with van der Waals surface area (Å²) in [5.74, 6) is 0. The summed E-state index contributed by atoms with van der Waals surface area (Å²) in [6.07, 6.45) is 0. The average molecular weight is 345 g/mol. The zero-order valence-corrected chi connectivity index (χ0v) is 12.9. The van der Waals surface area contributed by atoms with Crippen molar-refractivity contribution in [1.29, 1.82) is 0 Å². The van der Waals surface area contributed by atoms with E-state index in [1.54, 1.807) is 6.07 Å². The van der Waals surface area contributed by atoms with E-state index in [0.29, 0.717) is 10.0 Å². The summed E-state index contributed by atoms with van der Waals surface area (Å²) in [4.78, 5) is 0. The average Bonchev–Trinajstić information content (AvgIpc) is 2.33. The van der Waals surface area contributed by atoms with Gasteiger partial charge in [-0.3, -0.25) is 0 Å². The second kappa shape index (κ2) is 5.22. The molecule has 0 saturated carbocycles. The van der Waals surface area contributed by atoms with Crippen LogP contribution in [0, 0.1) is 0 Å². The fourth-order valence-corrected chi connectivity index (χ4v) is 2.62. The molecule has 0 saturated heterocycles. The molecule has 0 heterocycles. The van der Waals surface area contributed by atoms with Gasteiger partial charge in [-0.15, -0.1) is 0 Å². The molecule has 0 aliphatic rings. The summed E-state index contributed by atoms with van der Waals surface area (Å²) >= 11 is 15.7. The van der Waals surface area contributed by atoms with Crippen LogP contribution in [0.2, 0.25) is 10.0 Å².